The maximum Gasteiger partial charge on any atom is 0.246 e. The van der Waals surface area contributed by atoms with E-state index < -0.39 is 30.8 Å². The molecule has 0 spiro atoms. The Labute approximate surface area is 174 Å². The van der Waals surface area contributed by atoms with Crippen LogP contribution in [0.25, 0.3) is 0 Å². The molecule has 0 radical (unpaired) electrons. The number of hydrogen-bond acceptors (Lipinski definition) is 6. The van der Waals surface area contributed by atoms with Gasteiger partial charge in [-0.3, -0.25) is 0 Å². The summed E-state index contributed by atoms with van der Waals surface area (Å²) in [5.41, 5.74) is 0.620. The molecule has 1 fully saturated rings. The van der Waals surface area contributed by atoms with Gasteiger partial charge in [0, 0.05) is 32.2 Å². The minimum absolute atomic E-state index is 0.0383. The van der Waals surface area contributed by atoms with E-state index in [1.165, 1.54) is 28.6 Å². The first-order valence-electron chi connectivity index (χ1n) is 9.36. The summed E-state index contributed by atoms with van der Waals surface area (Å²) < 4.78 is 79.0. The number of sulfonamides is 2. The number of nitrogens with zero attached hydrogens (tertiary/aromatic N) is 2. The van der Waals surface area contributed by atoms with E-state index in [-0.39, 0.29) is 31.1 Å². The lowest BCUT2D eigenvalue weighted by molar-refractivity contribution is 0.171. The monoisotopic (exact) mass is 456 g/mol. The maximum absolute atomic E-state index is 14.1. The van der Waals surface area contributed by atoms with E-state index in [4.69, 9.17) is 9.47 Å². The highest BCUT2D eigenvalue weighted by atomic mass is 32.2. The van der Waals surface area contributed by atoms with Crippen LogP contribution < -0.4 is 9.47 Å². The van der Waals surface area contributed by atoms with Gasteiger partial charge in [0.15, 0.2) is 11.5 Å². The third-order valence-electron chi connectivity index (χ3n) is 5.05. The summed E-state index contributed by atoms with van der Waals surface area (Å²) in [4.78, 5) is -0.349. The SMILES string of the molecule is Cc1ccc(F)c(S(=O)(=O)N2CCN(S(=O)(=O)c3ccc4c(c3)OCCO4)CC2)c1. The molecular formula is C19H21FN2O6S2. The molecule has 162 valence electrons. The van der Waals surface area contributed by atoms with Gasteiger partial charge in [-0.25, -0.2) is 21.2 Å². The molecule has 2 aliphatic rings. The van der Waals surface area contributed by atoms with Gasteiger partial charge in [0.25, 0.3) is 0 Å². The van der Waals surface area contributed by atoms with Crippen LogP contribution in [0.2, 0.25) is 0 Å². The van der Waals surface area contributed by atoms with Crippen LogP contribution in [0.5, 0.6) is 11.5 Å². The first-order chi connectivity index (χ1) is 14.2. The van der Waals surface area contributed by atoms with Crippen molar-refractivity contribution in [3.05, 3.63) is 47.8 Å². The number of hydrogen-bond donors (Lipinski definition) is 0. The zero-order valence-electron chi connectivity index (χ0n) is 16.2. The molecule has 1 saturated heterocycles. The number of aryl methyl sites for hydroxylation is 1. The highest BCUT2D eigenvalue weighted by molar-refractivity contribution is 7.89. The zero-order chi connectivity index (χ0) is 21.5. The molecule has 0 atom stereocenters. The zero-order valence-corrected chi connectivity index (χ0v) is 17.9. The largest absolute Gasteiger partial charge is 0.486 e. The van der Waals surface area contributed by atoms with Crippen molar-refractivity contribution in [1.29, 1.82) is 0 Å². The van der Waals surface area contributed by atoms with Crippen molar-refractivity contribution in [3.8, 4) is 11.5 Å². The molecule has 2 aromatic carbocycles. The maximum atomic E-state index is 14.1. The highest BCUT2D eigenvalue weighted by Crippen LogP contribution is 2.33. The molecule has 0 N–H and O–H groups in total. The Hall–Kier alpha value is -2.21. The van der Waals surface area contributed by atoms with Crippen molar-refractivity contribution in [2.75, 3.05) is 39.4 Å². The van der Waals surface area contributed by atoms with Crippen molar-refractivity contribution in [2.24, 2.45) is 0 Å². The summed E-state index contributed by atoms with van der Waals surface area (Å²) in [6.07, 6.45) is 0. The standard InChI is InChI=1S/C19H21FN2O6S2/c1-14-2-4-16(20)19(12-14)30(25,26)22-8-6-21(7-9-22)29(23,24)15-3-5-17-18(13-15)28-11-10-27-17/h2-5,12-13H,6-11H2,1H3. The molecule has 0 unspecified atom stereocenters. The van der Waals surface area contributed by atoms with Gasteiger partial charge in [-0.2, -0.15) is 8.61 Å². The van der Waals surface area contributed by atoms with Crippen LogP contribution in [0.3, 0.4) is 0 Å². The molecule has 11 heteroatoms. The Bertz CT molecular complexity index is 1180. The summed E-state index contributed by atoms with van der Waals surface area (Å²) in [6, 6.07) is 8.28. The number of halogens is 1. The van der Waals surface area contributed by atoms with Crippen LogP contribution >= 0.6 is 0 Å². The van der Waals surface area contributed by atoms with Crippen molar-refractivity contribution in [2.45, 2.75) is 16.7 Å². The molecule has 2 heterocycles. The molecule has 2 aromatic rings. The number of fused-ring (bicyclic) bond motifs is 1. The predicted octanol–water partition coefficient (Wildman–Crippen LogP) is 1.60. The van der Waals surface area contributed by atoms with Gasteiger partial charge in [0.05, 0.1) is 4.90 Å². The van der Waals surface area contributed by atoms with Crippen molar-refractivity contribution < 1.29 is 30.7 Å². The molecule has 4 rings (SSSR count). The Morgan fingerprint density at radius 2 is 1.40 bits per heavy atom. The molecule has 0 amide bonds. The summed E-state index contributed by atoms with van der Waals surface area (Å²) in [6.45, 7) is 2.20. The quantitative estimate of drug-likeness (QED) is 0.694. The fourth-order valence-corrected chi connectivity index (χ4v) is 6.44. The van der Waals surface area contributed by atoms with Gasteiger partial charge in [-0.05, 0) is 36.8 Å². The minimum Gasteiger partial charge on any atom is -0.486 e. The normalized spacial score (nSPS) is 18.3. The Balaban J connectivity index is 1.52. The molecule has 0 aromatic heterocycles. The second kappa shape index (κ2) is 7.80. The molecule has 8 nitrogen and oxygen atoms in total. The average Bonchev–Trinajstić information content (AvgIpc) is 2.75. The molecule has 0 saturated carbocycles. The third kappa shape index (κ3) is 3.78. The number of ether oxygens (including phenoxy) is 2. The molecular weight excluding hydrogens is 435 g/mol. The summed E-state index contributed by atoms with van der Waals surface area (Å²) >= 11 is 0. The predicted molar refractivity (Wildman–Crippen MR) is 106 cm³/mol. The lowest BCUT2D eigenvalue weighted by Gasteiger charge is -2.33. The highest BCUT2D eigenvalue weighted by Gasteiger charge is 2.35. The van der Waals surface area contributed by atoms with Crippen LogP contribution in [-0.4, -0.2) is 64.8 Å². The van der Waals surface area contributed by atoms with Crippen molar-refractivity contribution in [1.82, 2.24) is 8.61 Å². The van der Waals surface area contributed by atoms with Crippen LogP contribution in [0.4, 0.5) is 4.39 Å². The Kier molecular flexibility index (Phi) is 5.47. The van der Waals surface area contributed by atoms with Gasteiger partial charge in [-0.15, -0.1) is 0 Å². The van der Waals surface area contributed by atoms with E-state index in [0.29, 0.717) is 30.3 Å². The Morgan fingerprint density at radius 3 is 2.07 bits per heavy atom. The molecule has 30 heavy (non-hydrogen) atoms. The molecule has 0 aliphatic carbocycles. The van der Waals surface area contributed by atoms with E-state index in [0.717, 1.165) is 10.4 Å². The number of benzene rings is 2. The fourth-order valence-electron chi connectivity index (χ4n) is 3.43. The first-order valence-corrected chi connectivity index (χ1v) is 12.2. The van der Waals surface area contributed by atoms with Gasteiger partial charge in [0.1, 0.15) is 23.9 Å². The summed E-state index contributed by atoms with van der Waals surface area (Å²) in [7, 11) is -7.90. The van der Waals surface area contributed by atoms with E-state index in [1.807, 2.05) is 0 Å². The molecule has 0 bridgehead atoms. The smallest absolute Gasteiger partial charge is 0.246 e. The topological polar surface area (TPSA) is 93.2 Å². The number of piperazine rings is 1. The van der Waals surface area contributed by atoms with E-state index >= 15 is 0 Å². The van der Waals surface area contributed by atoms with Crippen LogP contribution in [0, 0.1) is 12.7 Å². The third-order valence-corrected chi connectivity index (χ3v) is 8.86. The van der Waals surface area contributed by atoms with Gasteiger partial charge in [-0.1, -0.05) is 6.07 Å². The van der Waals surface area contributed by atoms with Crippen molar-refractivity contribution >= 4 is 20.0 Å². The Morgan fingerprint density at radius 1 is 0.800 bits per heavy atom. The van der Waals surface area contributed by atoms with Gasteiger partial charge < -0.3 is 9.47 Å². The lowest BCUT2D eigenvalue weighted by Crippen LogP contribution is -2.50. The average molecular weight is 457 g/mol. The van der Waals surface area contributed by atoms with Crippen molar-refractivity contribution in [3.63, 3.8) is 0 Å². The minimum atomic E-state index is -4.06. The van der Waals surface area contributed by atoms with Gasteiger partial charge >= 0.3 is 0 Å². The molecule has 2 aliphatic heterocycles. The van der Waals surface area contributed by atoms with Crippen LogP contribution in [0.15, 0.2) is 46.2 Å². The fraction of sp³-hybridized carbons (Fsp3) is 0.368. The summed E-state index contributed by atoms with van der Waals surface area (Å²) in [5.74, 6) is 0.0154. The second-order valence-electron chi connectivity index (χ2n) is 7.05. The van der Waals surface area contributed by atoms with Crippen LogP contribution in [0.1, 0.15) is 5.56 Å². The van der Waals surface area contributed by atoms with Crippen LogP contribution in [-0.2, 0) is 20.0 Å². The summed E-state index contributed by atoms with van der Waals surface area (Å²) in [5, 5.41) is 0. The second-order valence-corrected chi connectivity index (χ2v) is 10.9. The van der Waals surface area contributed by atoms with E-state index in [2.05, 4.69) is 0 Å². The van der Waals surface area contributed by atoms with E-state index in [9.17, 15) is 21.2 Å². The van der Waals surface area contributed by atoms with E-state index in [1.54, 1.807) is 13.0 Å². The number of rotatable bonds is 4. The lowest BCUT2D eigenvalue weighted by atomic mass is 10.2. The first kappa shape index (κ1) is 21.0. The van der Waals surface area contributed by atoms with Gasteiger partial charge in [0.2, 0.25) is 20.0 Å².